The van der Waals surface area contributed by atoms with Crippen molar-refractivity contribution in [2.24, 2.45) is 10.7 Å². The number of nitrogens with one attached hydrogen (secondary N) is 1. The fourth-order valence-corrected chi connectivity index (χ4v) is 4.44. The molecule has 0 aliphatic heterocycles. The molecule has 4 rings (SSSR count). The summed E-state index contributed by atoms with van der Waals surface area (Å²) in [7, 11) is 1.61. The van der Waals surface area contributed by atoms with Crippen molar-refractivity contribution in [2.45, 2.75) is 38.6 Å². The lowest BCUT2D eigenvalue weighted by Gasteiger charge is -2.19. The summed E-state index contributed by atoms with van der Waals surface area (Å²) in [6.07, 6.45) is 0.0674. The predicted molar refractivity (Wildman–Crippen MR) is 168 cm³/mol. The van der Waals surface area contributed by atoms with E-state index in [1.807, 2.05) is 48.5 Å². The van der Waals surface area contributed by atoms with E-state index in [0.717, 1.165) is 22.4 Å². The van der Waals surface area contributed by atoms with Crippen molar-refractivity contribution in [3.8, 4) is 16.9 Å². The maximum Gasteiger partial charge on any atom is 0.326 e. The van der Waals surface area contributed by atoms with E-state index in [-0.39, 0.29) is 17.7 Å². The van der Waals surface area contributed by atoms with Gasteiger partial charge in [0, 0.05) is 23.1 Å². The number of rotatable bonds is 9. The fourth-order valence-electron chi connectivity index (χ4n) is 4.44. The van der Waals surface area contributed by atoms with E-state index in [9.17, 15) is 19.5 Å². The van der Waals surface area contributed by atoms with Crippen LogP contribution >= 0.6 is 0 Å². The van der Waals surface area contributed by atoms with Crippen molar-refractivity contribution in [1.29, 1.82) is 0 Å². The predicted octanol–water partition coefficient (Wildman–Crippen LogP) is 5.63. The normalized spacial score (nSPS) is 12.3. The molecule has 0 radical (unpaired) electrons. The van der Waals surface area contributed by atoms with Crippen LogP contribution in [-0.2, 0) is 16.6 Å². The third-order valence-corrected chi connectivity index (χ3v) is 7.08. The first-order valence-electron chi connectivity index (χ1n) is 13.8. The van der Waals surface area contributed by atoms with Crippen molar-refractivity contribution >= 4 is 23.6 Å². The number of benzene rings is 4. The Balaban J connectivity index is 1.39. The highest BCUT2D eigenvalue weighted by molar-refractivity contribution is 6.08. The lowest BCUT2D eigenvalue weighted by Crippen LogP contribution is -2.42. The van der Waals surface area contributed by atoms with E-state index < -0.39 is 23.8 Å². The Morgan fingerprint density at radius 2 is 1.30 bits per heavy atom. The van der Waals surface area contributed by atoms with Crippen LogP contribution in [0.5, 0.6) is 5.75 Å². The number of aliphatic carboxylic acids is 1. The van der Waals surface area contributed by atoms with E-state index in [1.165, 1.54) is 0 Å². The summed E-state index contributed by atoms with van der Waals surface area (Å²) in [5.41, 5.74) is 11.0. The zero-order chi connectivity index (χ0) is 31.1. The first-order chi connectivity index (χ1) is 20.4. The molecular formula is C35H35N3O5. The summed E-state index contributed by atoms with van der Waals surface area (Å²) in [5.74, 6) is -1.28. The highest BCUT2D eigenvalue weighted by Gasteiger charge is 2.22. The molecule has 0 heterocycles. The summed E-state index contributed by atoms with van der Waals surface area (Å²) < 4.78 is 5.19. The van der Waals surface area contributed by atoms with Crippen LogP contribution in [0, 0.1) is 0 Å². The first kappa shape index (κ1) is 30.7. The van der Waals surface area contributed by atoms with Crippen molar-refractivity contribution < 1.29 is 24.2 Å². The Kier molecular flexibility index (Phi) is 9.40. The van der Waals surface area contributed by atoms with Gasteiger partial charge in [-0.15, -0.1) is 0 Å². The SMILES string of the molecule is COc1ccc(-c2ccc(C(=O)N=C(N)c3ccc(CC(NC(=O)c4ccc(C(C)(C)C)cc4)C(=O)O)cc3)cc2)cc1. The number of hydrogen-bond acceptors (Lipinski definition) is 4. The Labute approximate surface area is 251 Å². The molecule has 8 heteroatoms. The van der Waals surface area contributed by atoms with Crippen molar-refractivity contribution in [3.63, 3.8) is 0 Å². The van der Waals surface area contributed by atoms with E-state index in [4.69, 9.17) is 10.5 Å². The van der Waals surface area contributed by atoms with E-state index in [1.54, 1.807) is 55.6 Å². The van der Waals surface area contributed by atoms with Gasteiger partial charge in [0.05, 0.1) is 7.11 Å². The molecule has 0 aliphatic carbocycles. The average Bonchev–Trinajstić information content (AvgIpc) is 3.00. The quantitative estimate of drug-likeness (QED) is 0.175. The van der Waals surface area contributed by atoms with Gasteiger partial charge in [0.15, 0.2) is 0 Å². The summed E-state index contributed by atoms with van der Waals surface area (Å²) in [5, 5.41) is 12.3. The van der Waals surface area contributed by atoms with Gasteiger partial charge in [-0.2, -0.15) is 4.99 Å². The van der Waals surface area contributed by atoms with Gasteiger partial charge < -0.3 is 20.9 Å². The number of hydrogen-bond donors (Lipinski definition) is 3. The molecule has 8 nitrogen and oxygen atoms in total. The minimum atomic E-state index is -1.14. The lowest BCUT2D eigenvalue weighted by molar-refractivity contribution is -0.139. The highest BCUT2D eigenvalue weighted by Crippen LogP contribution is 2.24. The van der Waals surface area contributed by atoms with Crippen molar-refractivity contribution in [3.05, 3.63) is 125 Å². The average molecular weight is 578 g/mol. The number of amidine groups is 1. The number of aliphatic imine (C=N–C) groups is 1. The second-order valence-electron chi connectivity index (χ2n) is 11.2. The number of amides is 2. The van der Waals surface area contributed by atoms with Gasteiger partial charge in [0.25, 0.3) is 11.8 Å². The first-order valence-corrected chi connectivity index (χ1v) is 13.8. The second kappa shape index (κ2) is 13.2. The van der Waals surface area contributed by atoms with Gasteiger partial charge in [0.1, 0.15) is 17.6 Å². The molecule has 0 saturated heterocycles. The summed E-state index contributed by atoms with van der Waals surface area (Å²) >= 11 is 0. The zero-order valence-corrected chi connectivity index (χ0v) is 24.6. The summed E-state index contributed by atoms with van der Waals surface area (Å²) in [6.45, 7) is 6.23. The highest BCUT2D eigenvalue weighted by atomic mass is 16.5. The Morgan fingerprint density at radius 1 is 0.791 bits per heavy atom. The van der Waals surface area contributed by atoms with Gasteiger partial charge in [0.2, 0.25) is 0 Å². The molecule has 4 N–H and O–H groups in total. The minimum absolute atomic E-state index is 0.0394. The number of methoxy groups -OCH3 is 1. The summed E-state index contributed by atoms with van der Waals surface area (Å²) in [4.78, 5) is 41.5. The van der Waals surface area contributed by atoms with Crippen LogP contribution in [0.4, 0.5) is 0 Å². The molecular weight excluding hydrogens is 542 g/mol. The van der Waals surface area contributed by atoms with Crippen LogP contribution in [0.15, 0.2) is 102 Å². The topological polar surface area (TPSA) is 131 Å². The Bertz CT molecular complexity index is 1620. The molecule has 0 spiro atoms. The molecule has 0 aromatic heterocycles. The smallest absolute Gasteiger partial charge is 0.326 e. The molecule has 1 unspecified atom stereocenters. The minimum Gasteiger partial charge on any atom is -0.497 e. The van der Waals surface area contributed by atoms with Crippen LogP contribution < -0.4 is 15.8 Å². The fraction of sp³-hybridized carbons (Fsp3) is 0.200. The maximum absolute atomic E-state index is 12.7. The number of carbonyl (C=O) groups is 3. The number of carbonyl (C=O) groups excluding carboxylic acids is 2. The second-order valence-corrected chi connectivity index (χ2v) is 11.2. The van der Waals surface area contributed by atoms with Crippen LogP contribution in [0.1, 0.15) is 58.2 Å². The third kappa shape index (κ3) is 7.95. The number of nitrogens with zero attached hydrogens (tertiary/aromatic N) is 1. The molecule has 0 fully saturated rings. The van der Waals surface area contributed by atoms with E-state index in [2.05, 4.69) is 31.1 Å². The molecule has 43 heavy (non-hydrogen) atoms. The van der Waals surface area contributed by atoms with Gasteiger partial charge in [-0.3, -0.25) is 9.59 Å². The molecule has 220 valence electrons. The number of nitrogens with two attached hydrogens (primary N) is 1. The van der Waals surface area contributed by atoms with Crippen LogP contribution in [0.25, 0.3) is 11.1 Å². The van der Waals surface area contributed by atoms with E-state index >= 15 is 0 Å². The molecule has 4 aromatic carbocycles. The van der Waals surface area contributed by atoms with Gasteiger partial charge >= 0.3 is 5.97 Å². The molecule has 1 atom stereocenters. The van der Waals surface area contributed by atoms with Crippen molar-refractivity contribution in [1.82, 2.24) is 5.32 Å². The maximum atomic E-state index is 12.7. The van der Waals surface area contributed by atoms with Gasteiger partial charge in [-0.1, -0.05) is 81.4 Å². The number of ether oxygens (including phenoxy) is 1. The molecule has 0 aliphatic rings. The molecule has 0 saturated carbocycles. The Hall–Kier alpha value is -5.24. The van der Waals surface area contributed by atoms with Crippen LogP contribution in [0.2, 0.25) is 0 Å². The number of carboxylic acids is 1. The molecule has 4 aromatic rings. The standard InChI is InChI=1S/C35H35N3O5/c1-35(2,3)28-17-13-27(14-18-28)32(39)37-30(34(41)42)21-22-5-7-25(8-6-22)31(36)38-33(40)26-11-9-23(10-12-26)24-15-19-29(43-4)20-16-24/h5-20,30H,21H2,1-4H3,(H,37,39)(H,41,42)(H2,36,38,40). The van der Waals surface area contributed by atoms with Gasteiger partial charge in [-0.05, 0) is 64.1 Å². The molecule has 2 amide bonds. The monoisotopic (exact) mass is 577 g/mol. The Morgan fingerprint density at radius 3 is 1.81 bits per heavy atom. The third-order valence-electron chi connectivity index (χ3n) is 7.08. The summed E-state index contributed by atoms with van der Waals surface area (Å²) in [6, 6.07) is 27.4. The zero-order valence-electron chi connectivity index (χ0n) is 24.6. The largest absolute Gasteiger partial charge is 0.497 e. The van der Waals surface area contributed by atoms with Crippen LogP contribution in [-0.4, -0.2) is 41.9 Å². The van der Waals surface area contributed by atoms with Crippen LogP contribution in [0.3, 0.4) is 0 Å². The number of carboxylic acid groups (broad SMARTS) is 1. The van der Waals surface area contributed by atoms with E-state index in [0.29, 0.717) is 22.3 Å². The van der Waals surface area contributed by atoms with Gasteiger partial charge in [-0.25, -0.2) is 4.79 Å². The van der Waals surface area contributed by atoms with Crippen molar-refractivity contribution in [2.75, 3.05) is 7.11 Å². The lowest BCUT2D eigenvalue weighted by atomic mass is 9.86. The molecule has 0 bridgehead atoms.